The summed E-state index contributed by atoms with van der Waals surface area (Å²) in [6.07, 6.45) is 0.276. The molecule has 4 heteroatoms. The molecule has 19 heavy (non-hydrogen) atoms. The summed E-state index contributed by atoms with van der Waals surface area (Å²) in [5, 5.41) is 1.50. The monoisotopic (exact) mass is 312 g/mol. The highest BCUT2D eigenvalue weighted by Gasteiger charge is 2.11. The maximum atomic E-state index is 12.2. The van der Waals surface area contributed by atoms with Gasteiger partial charge in [0.2, 0.25) is 0 Å². The van der Waals surface area contributed by atoms with Gasteiger partial charge < -0.3 is 0 Å². The Morgan fingerprint density at radius 2 is 1.74 bits per heavy atom. The fourth-order valence-corrected chi connectivity index (χ4v) is 2.32. The lowest BCUT2D eigenvalue weighted by Gasteiger charge is -2.06. The molecule has 2 aromatic carbocycles. The first-order chi connectivity index (χ1) is 8.97. The Morgan fingerprint density at radius 3 is 2.42 bits per heavy atom. The lowest BCUT2D eigenvalue weighted by atomic mass is 9.99. The molecule has 2 aromatic rings. The van der Waals surface area contributed by atoms with Crippen LogP contribution in [0.3, 0.4) is 0 Å². The fourth-order valence-electron chi connectivity index (χ4n) is 1.82. The third-order valence-corrected chi connectivity index (χ3v) is 3.82. The number of halogens is 3. The van der Waals surface area contributed by atoms with Crippen molar-refractivity contribution in [3.63, 3.8) is 0 Å². The number of rotatable bonds is 3. The van der Waals surface area contributed by atoms with Gasteiger partial charge in [-0.25, -0.2) is 0 Å². The maximum Gasteiger partial charge on any atom is 0.167 e. The van der Waals surface area contributed by atoms with E-state index in [9.17, 15) is 4.79 Å². The Labute approximate surface area is 127 Å². The smallest absolute Gasteiger partial charge is 0.167 e. The van der Waals surface area contributed by atoms with Crippen molar-refractivity contribution in [2.75, 3.05) is 0 Å². The molecule has 98 valence electrons. The second-order valence-electron chi connectivity index (χ2n) is 4.31. The van der Waals surface area contributed by atoms with Crippen LogP contribution in [0.1, 0.15) is 21.5 Å². The molecule has 0 bridgehead atoms. The average molecular weight is 314 g/mol. The number of hydrogen-bond acceptors (Lipinski definition) is 1. The number of benzene rings is 2. The number of Topliss-reactive ketones (excluding diaryl/α,β-unsaturated/α-hetero) is 1. The summed E-state index contributed by atoms with van der Waals surface area (Å²) in [6, 6.07) is 10.5. The van der Waals surface area contributed by atoms with Crippen molar-refractivity contribution in [2.45, 2.75) is 13.3 Å². The lowest BCUT2D eigenvalue weighted by Crippen LogP contribution is -2.05. The first-order valence-electron chi connectivity index (χ1n) is 5.70. The largest absolute Gasteiger partial charge is 0.294 e. The van der Waals surface area contributed by atoms with Crippen LogP contribution >= 0.6 is 34.8 Å². The highest BCUT2D eigenvalue weighted by atomic mass is 35.5. The molecule has 0 atom stereocenters. The van der Waals surface area contributed by atoms with Crippen molar-refractivity contribution < 1.29 is 4.79 Å². The van der Waals surface area contributed by atoms with Gasteiger partial charge >= 0.3 is 0 Å². The molecule has 0 heterocycles. The summed E-state index contributed by atoms with van der Waals surface area (Å²) in [6.45, 7) is 1.89. The van der Waals surface area contributed by atoms with E-state index < -0.39 is 0 Å². The number of ketones is 1. The van der Waals surface area contributed by atoms with Crippen LogP contribution in [0.4, 0.5) is 0 Å². The van der Waals surface area contributed by atoms with Crippen LogP contribution in [0, 0.1) is 6.92 Å². The van der Waals surface area contributed by atoms with Crippen molar-refractivity contribution in [1.82, 2.24) is 0 Å². The van der Waals surface area contributed by atoms with Crippen LogP contribution in [0.15, 0.2) is 36.4 Å². The molecular weight excluding hydrogens is 303 g/mol. The molecule has 0 fully saturated rings. The van der Waals surface area contributed by atoms with Crippen LogP contribution in [0.2, 0.25) is 15.1 Å². The van der Waals surface area contributed by atoms with Gasteiger partial charge in [0, 0.05) is 17.0 Å². The van der Waals surface area contributed by atoms with E-state index in [2.05, 4.69) is 0 Å². The zero-order valence-corrected chi connectivity index (χ0v) is 12.5. The van der Waals surface area contributed by atoms with Gasteiger partial charge in [0.1, 0.15) is 0 Å². The van der Waals surface area contributed by atoms with E-state index in [-0.39, 0.29) is 12.2 Å². The van der Waals surface area contributed by atoms with Crippen LogP contribution < -0.4 is 0 Å². The Kier molecular flexibility index (Phi) is 4.51. The molecule has 0 saturated heterocycles. The Hall–Kier alpha value is -1.02. The molecular formula is C15H11Cl3O. The van der Waals surface area contributed by atoms with Crippen LogP contribution in [-0.2, 0) is 6.42 Å². The second kappa shape index (κ2) is 5.96. The molecule has 0 aliphatic rings. The lowest BCUT2D eigenvalue weighted by molar-refractivity contribution is 0.0992. The van der Waals surface area contributed by atoms with E-state index in [0.717, 1.165) is 11.1 Å². The number of hydrogen-bond donors (Lipinski definition) is 0. The van der Waals surface area contributed by atoms with E-state index in [1.54, 1.807) is 30.3 Å². The summed E-state index contributed by atoms with van der Waals surface area (Å²) < 4.78 is 0. The van der Waals surface area contributed by atoms with Crippen LogP contribution in [0.25, 0.3) is 0 Å². The third-order valence-electron chi connectivity index (χ3n) is 2.85. The minimum atomic E-state index is 0.0124. The first kappa shape index (κ1) is 14.4. The van der Waals surface area contributed by atoms with Gasteiger partial charge in [-0.2, -0.15) is 0 Å². The standard InChI is InChI=1S/C15H11Cl3O/c1-9-2-4-11(16)8-12(9)15(19)7-10-3-5-13(17)14(18)6-10/h2-6,8H,7H2,1H3. The maximum absolute atomic E-state index is 12.2. The van der Waals surface area contributed by atoms with E-state index >= 15 is 0 Å². The SMILES string of the molecule is Cc1ccc(Cl)cc1C(=O)Cc1ccc(Cl)c(Cl)c1. The van der Waals surface area contributed by atoms with E-state index in [1.165, 1.54) is 0 Å². The molecule has 0 aliphatic heterocycles. The van der Waals surface area contributed by atoms with E-state index in [0.29, 0.717) is 20.6 Å². The molecule has 0 aromatic heterocycles. The van der Waals surface area contributed by atoms with E-state index in [1.807, 2.05) is 13.0 Å². The van der Waals surface area contributed by atoms with Gasteiger partial charge in [-0.15, -0.1) is 0 Å². The molecule has 2 rings (SSSR count). The third kappa shape index (κ3) is 3.50. The van der Waals surface area contributed by atoms with Gasteiger partial charge in [0.15, 0.2) is 5.78 Å². The van der Waals surface area contributed by atoms with Crippen molar-refractivity contribution >= 4 is 40.6 Å². The van der Waals surface area contributed by atoms with Gasteiger partial charge in [0.05, 0.1) is 10.0 Å². The van der Waals surface area contributed by atoms with Crippen molar-refractivity contribution in [2.24, 2.45) is 0 Å². The molecule has 0 saturated carbocycles. The minimum absolute atomic E-state index is 0.0124. The molecule has 0 amide bonds. The highest BCUT2D eigenvalue weighted by molar-refractivity contribution is 6.42. The minimum Gasteiger partial charge on any atom is -0.294 e. The predicted octanol–water partition coefficient (Wildman–Crippen LogP) is 5.38. The Bertz CT molecular complexity index is 635. The van der Waals surface area contributed by atoms with Gasteiger partial charge in [-0.05, 0) is 42.3 Å². The van der Waals surface area contributed by atoms with Gasteiger partial charge in [-0.3, -0.25) is 4.79 Å². The molecule has 1 nitrogen and oxygen atoms in total. The molecule has 0 radical (unpaired) electrons. The average Bonchev–Trinajstić information content (AvgIpc) is 2.36. The molecule has 0 N–H and O–H groups in total. The quantitative estimate of drug-likeness (QED) is 0.695. The second-order valence-corrected chi connectivity index (χ2v) is 5.56. The highest BCUT2D eigenvalue weighted by Crippen LogP contribution is 2.24. The topological polar surface area (TPSA) is 17.1 Å². The van der Waals surface area contributed by atoms with E-state index in [4.69, 9.17) is 34.8 Å². The number of aryl methyl sites for hydroxylation is 1. The zero-order chi connectivity index (χ0) is 14.0. The van der Waals surface area contributed by atoms with Gasteiger partial charge in [-0.1, -0.05) is 46.9 Å². The summed E-state index contributed by atoms with van der Waals surface area (Å²) in [5.74, 6) is 0.0124. The van der Waals surface area contributed by atoms with Crippen LogP contribution in [-0.4, -0.2) is 5.78 Å². The summed E-state index contributed by atoms with van der Waals surface area (Å²) in [7, 11) is 0. The Balaban J connectivity index is 2.25. The summed E-state index contributed by atoms with van der Waals surface area (Å²) in [4.78, 5) is 12.2. The Morgan fingerprint density at radius 1 is 1.00 bits per heavy atom. The summed E-state index contributed by atoms with van der Waals surface area (Å²) in [5.41, 5.74) is 2.38. The number of carbonyl (C=O) groups is 1. The normalized spacial score (nSPS) is 10.5. The summed E-state index contributed by atoms with van der Waals surface area (Å²) >= 11 is 17.7. The number of carbonyl (C=O) groups excluding carboxylic acids is 1. The zero-order valence-electron chi connectivity index (χ0n) is 10.2. The van der Waals surface area contributed by atoms with Gasteiger partial charge in [0.25, 0.3) is 0 Å². The molecule has 0 unspecified atom stereocenters. The van der Waals surface area contributed by atoms with Crippen molar-refractivity contribution in [3.8, 4) is 0 Å². The predicted molar refractivity (Wildman–Crippen MR) is 80.7 cm³/mol. The van der Waals surface area contributed by atoms with Crippen molar-refractivity contribution in [3.05, 3.63) is 68.2 Å². The first-order valence-corrected chi connectivity index (χ1v) is 6.84. The molecule has 0 spiro atoms. The molecule has 0 aliphatic carbocycles. The van der Waals surface area contributed by atoms with Crippen LogP contribution in [0.5, 0.6) is 0 Å². The fraction of sp³-hybridized carbons (Fsp3) is 0.133. The van der Waals surface area contributed by atoms with Crippen molar-refractivity contribution in [1.29, 1.82) is 0 Å².